The second kappa shape index (κ2) is 13.2. The van der Waals surface area contributed by atoms with Gasteiger partial charge in [-0.2, -0.15) is 11.8 Å². The molecule has 0 radical (unpaired) electrons. The number of thioether (sulfide) groups is 1. The molecule has 0 aromatic heterocycles. The van der Waals surface area contributed by atoms with E-state index in [1.54, 1.807) is 23.1 Å². The summed E-state index contributed by atoms with van der Waals surface area (Å²) in [5.41, 5.74) is 4.37. The minimum Gasteiger partial charge on any atom is -0.449 e. The van der Waals surface area contributed by atoms with Crippen molar-refractivity contribution in [3.63, 3.8) is 0 Å². The van der Waals surface area contributed by atoms with Gasteiger partial charge in [0, 0.05) is 12.1 Å². The van der Waals surface area contributed by atoms with Gasteiger partial charge in [-0.3, -0.25) is 14.5 Å². The van der Waals surface area contributed by atoms with Gasteiger partial charge in [-0.25, -0.2) is 0 Å². The molecule has 1 heterocycles. The van der Waals surface area contributed by atoms with Gasteiger partial charge in [0.05, 0.1) is 12.2 Å². The number of hydrogen-bond donors (Lipinski definition) is 1. The van der Waals surface area contributed by atoms with Crippen LogP contribution in [0.4, 0.5) is 5.69 Å². The molecule has 3 aromatic carbocycles. The third-order valence-electron chi connectivity index (χ3n) is 6.16. The highest BCUT2D eigenvalue weighted by Gasteiger charge is 2.30. The summed E-state index contributed by atoms with van der Waals surface area (Å²) >= 11 is 1.94. The molecule has 0 aliphatic carbocycles. The Labute approximate surface area is 223 Å². The largest absolute Gasteiger partial charge is 0.449 e. The molecule has 0 saturated carbocycles. The van der Waals surface area contributed by atoms with Gasteiger partial charge in [0.15, 0.2) is 11.5 Å². The van der Waals surface area contributed by atoms with E-state index in [2.05, 4.69) is 12.2 Å². The number of carbonyl (C=O) groups is 2. The van der Waals surface area contributed by atoms with E-state index in [1.165, 1.54) is 24.2 Å². The van der Waals surface area contributed by atoms with Gasteiger partial charge in [0.25, 0.3) is 11.8 Å². The summed E-state index contributed by atoms with van der Waals surface area (Å²) < 4.78 is 6.00. The Bertz CT molecular complexity index is 1240. The molecule has 0 saturated heterocycles. The van der Waals surface area contributed by atoms with Crippen molar-refractivity contribution in [1.29, 1.82) is 0 Å². The molecule has 0 bridgehead atoms. The van der Waals surface area contributed by atoms with Crippen molar-refractivity contribution in [2.24, 2.45) is 0 Å². The number of para-hydroxylation sites is 2. The summed E-state index contributed by atoms with van der Waals surface area (Å²) in [6.45, 7) is 5.36. The van der Waals surface area contributed by atoms with Crippen LogP contribution in [0.3, 0.4) is 0 Å². The summed E-state index contributed by atoms with van der Waals surface area (Å²) in [6, 6.07) is 23.0. The average Bonchev–Trinajstić information content (AvgIpc) is 2.92. The van der Waals surface area contributed by atoms with Crippen LogP contribution in [0.25, 0.3) is 6.08 Å². The fraction of sp³-hybridized carbons (Fsp3) is 0.290. The van der Waals surface area contributed by atoms with Gasteiger partial charge >= 0.3 is 0 Å². The van der Waals surface area contributed by atoms with Crippen molar-refractivity contribution in [1.82, 2.24) is 5.32 Å². The molecule has 0 atom stereocenters. The van der Waals surface area contributed by atoms with E-state index in [-0.39, 0.29) is 17.6 Å². The first kappa shape index (κ1) is 26.6. The van der Waals surface area contributed by atoms with Crippen molar-refractivity contribution >= 4 is 35.3 Å². The minimum absolute atomic E-state index is 0.0824. The zero-order valence-corrected chi connectivity index (χ0v) is 22.4. The Kier molecular flexibility index (Phi) is 9.44. The second-order valence-corrected chi connectivity index (χ2v) is 10.4. The summed E-state index contributed by atoms with van der Waals surface area (Å²) in [6.07, 6.45) is 5.16. The SMILES string of the molecule is CCCCSCCCNC(=O)c1ccc(/C=C2/Oc3ccccc3N(Cc3ccc(C)cc3)C2=O)cc1. The highest BCUT2D eigenvalue weighted by atomic mass is 32.2. The minimum atomic E-state index is -0.196. The number of aryl methyl sites for hydroxylation is 1. The summed E-state index contributed by atoms with van der Waals surface area (Å²) in [7, 11) is 0. The van der Waals surface area contributed by atoms with Gasteiger partial charge in [0.1, 0.15) is 0 Å². The molecule has 3 aromatic rings. The Morgan fingerprint density at radius 1 is 0.973 bits per heavy atom. The lowest BCUT2D eigenvalue weighted by Crippen LogP contribution is -2.36. The number of hydrogen-bond acceptors (Lipinski definition) is 4. The highest BCUT2D eigenvalue weighted by Crippen LogP contribution is 2.36. The van der Waals surface area contributed by atoms with Gasteiger partial charge < -0.3 is 10.1 Å². The molecule has 0 spiro atoms. The van der Waals surface area contributed by atoms with Crippen LogP contribution >= 0.6 is 11.8 Å². The molecule has 192 valence electrons. The molecule has 0 fully saturated rings. The van der Waals surface area contributed by atoms with Crippen LogP contribution in [0.5, 0.6) is 5.75 Å². The van der Waals surface area contributed by atoms with Crippen LogP contribution in [0.15, 0.2) is 78.6 Å². The van der Waals surface area contributed by atoms with Crippen molar-refractivity contribution < 1.29 is 14.3 Å². The number of amides is 2. The number of rotatable bonds is 11. The molecule has 0 unspecified atom stereocenters. The highest BCUT2D eigenvalue weighted by molar-refractivity contribution is 7.99. The number of fused-ring (bicyclic) bond motifs is 1. The van der Waals surface area contributed by atoms with Crippen LogP contribution < -0.4 is 15.0 Å². The Balaban J connectivity index is 1.42. The van der Waals surface area contributed by atoms with Crippen LogP contribution in [-0.4, -0.2) is 29.9 Å². The molecular weight excluding hydrogens is 480 g/mol. The molecule has 4 rings (SSSR count). The van der Waals surface area contributed by atoms with Crippen LogP contribution in [0, 0.1) is 6.92 Å². The maximum absolute atomic E-state index is 13.4. The van der Waals surface area contributed by atoms with E-state index in [4.69, 9.17) is 4.74 Å². The predicted molar refractivity (Wildman–Crippen MR) is 153 cm³/mol. The van der Waals surface area contributed by atoms with Crippen molar-refractivity contribution in [3.8, 4) is 5.75 Å². The van der Waals surface area contributed by atoms with E-state index in [9.17, 15) is 9.59 Å². The monoisotopic (exact) mass is 514 g/mol. The van der Waals surface area contributed by atoms with Gasteiger partial charge in [-0.15, -0.1) is 0 Å². The predicted octanol–water partition coefficient (Wildman–Crippen LogP) is 6.61. The maximum atomic E-state index is 13.4. The third-order valence-corrected chi connectivity index (χ3v) is 7.31. The number of ether oxygens (including phenoxy) is 1. The van der Waals surface area contributed by atoms with Crippen LogP contribution in [0.1, 0.15) is 53.2 Å². The zero-order valence-electron chi connectivity index (χ0n) is 21.5. The van der Waals surface area contributed by atoms with E-state index < -0.39 is 0 Å². The fourth-order valence-electron chi connectivity index (χ4n) is 4.00. The number of anilines is 1. The van der Waals surface area contributed by atoms with E-state index >= 15 is 0 Å². The quantitative estimate of drug-likeness (QED) is 0.231. The first-order valence-corrected chi connectivity index (χ1v) is 14.0. The maximum Gasteiger partial charge on any atom is 0.294 e. The summed E-state index contributed by atoms with van der Waals surface area (Å²) in [5.74, 6) is 2.86. The van der Waals surface area contributed by atoms with Crippen molar-refractivity contribution in [3.05, 3.63) is 101 Å². The molecule has 1 aliphatic rings. The molecule has 2 amide bonds. The second-order valence-electron chi connectivity index (χ2n) is 9.15. The molecule has 1 aliphatic heterocycles. The lowest BCUT2D eigenvalue weighted by molar-refractivity contribution is -0.117. The topological polar surface area (TPSA) is 58.6 Å². The molecule has 5 nitrogen and oxygen atoms in total. The molecule has 1 N–H and O–H groups in total. The van der Waals surface area contributed by atoms with Crippen LogP contribution in [0.2, 0.25) is 0 Å². The summed E-state index contributed by atoms with van der Waals surface area (Å²) in [4.78, 5) is 27.7. The Hall–Kier alpha value is -3.51. The fourth-order valence-corrected chi connectivity index (χ4v) is 5.05. The standard InChI is InChI=1S/C31H34N2O3S/c1-3-4-19-37-20-7-18-32-30(34)26-16-14-24(15-17-26)21-29-31(35)33(22-25-12-10-23(2)11-13-25)27-8-5-6-9-28(27)36-29/h5-6,8-17,21H,3-4,7,18-20,22H2,1-2H3,(H,32,34)/b29-21+. The van der Waals surface area contributed by atoms with E-state index in [0.717, 1.165) is 29.0 Å². The first-order chi connectivity index (χ1) is 18.0. The molecular formula is C31H34N2O3S. The Morgan fingerprint density at radius 2 is 1.70 bits per heavy atom. The van der Waals surface area contributed by atoms with Crippen molar-refractivity contribution in [2.75, 3.05) is 23.0 Å². The lowest BCUT2D eigenvalue weighted by Gasteiger charge is -2.30. The number of carbonyl (C=O) groups excluding carboxylic acids is 2. The zero-order chi connectivity index (χ0) is 26.0. The number of unbranched alkanes of at least 4 members (excludes halogenated alkanes) is 1. The number of nitrogens with one attached hydrogen (secondary N) is 1. The number of nitrogens with zero attached hydrogens (tertiary/aromatic N) is 1. The van der Waals surface area contributed by atoms with Crippen molar-refractivity contribution in [2.45, 2.75) is 39.7 Å². The normalized spacial score (nSPS) is 13.8. The van der Waals surface area contributed by atoms with Gasteiger partial charge in [-0.05, 0) is 72.7 Å². The lowest BCUT2D eigenvalue weighted by atomic mass is 10.1. The summed E-state index contributed by atoms with van der Waals surface area (Å²) in [5, 5.41) is 2.99. The van der Waals surface area contributed by atoms with Crippen LogP contribution in [-0.2, 0) is 11.3 Å². The van der Waals surface area contributed by atoms with E-state index in [0.29, 0.717) is 24.4 Å². The molecule has 37 heavy (non-hydrogen) atoms. The third kappa shape index (κ3) is 7.26. The smallest absolute Gasteiger partial charge is 0.294 e. The van der Waals surface area contributed by atoms with E-state index in [1.807, 2.05) is 79.3 Å². The molecule has 6 heteroatoms. The first-order valence-electron chi connectivity index (χ1n) is 12.9. The van der Waals surface area contributed by atoms with Gasteiger partial charge in [-0.1, -0.05) is 67.4 Å². The average molecular weight is 515 g/mol. The Morgan fingerprint density at radius 3 is 2.46 bits per heavy atom. The van der Waals surface area contributed by atoms with Gasteiger partial charge in [0.2, 0.25) is 0 Å². The number of benzene rings is 3.